The third-order valence-corrected chi connectivity index (χ3v) is 6.36. The highest BCUT2D eigenvalue weighted by Crippen LogP contribution is 2.33. The number of nitrogens with zero attached hydrogens (tertiary/aromatic N) is 3. The van der Waals surface area contributed by atoms with Gasteiger partial charge in [0.15, 0.2) is 0 Å². The van der Waals surface area contributed by atoms with Crippen LogP contribution in [0.4, 0.5) is 0 Å². The molecule has 0 aromatic heterocycles. The Hall–Kier alpha value is -1.92. The third kappa shape index (κ3) is 5.11. The van der Waals surface area contributed by atoms with E-state index in [1.54, 1.807) is 0 Å². The molecule has 154 valence electrons. The van der Waals surface area contributed by atoms with Gasteiger partial charge in [-0.3, -0.25) is 19.4 Å². The van der Waals surface area contributed by atoms with Gasteiger partial charge in [-0.1, -0.05) is 24.3 Å². The molecule has 6 nitrogen and oxygen atoms in total. The summed E-state index contributed by atoms with van der Waals surface area (Å²) in [5.41, 5.74) is 2.67. The monoisotopic (exact) mass is 387 g/mol. The van der Waals surface area contributed by atoms with Gasteiger partial charge in [0.2, 0.25) is 5.91 Å². The van der Waals surface area contributed by atoms with Crippen LogP contribution in [0.15, 0.2) is 24.3 Å². The van der Waals surface area contributed by atoms with Crippen molar-refractivity contribution in [3.8, 4) is 0 Å². The number of likely N-dealkylation sites (N-methyl/N-ethyl adjacent to an activating group) is 2. The number of carbonyl (C=O) groups excluding carboxylic acids is 1. The summed E-state index contributed by atoms with van der Waals surface area (Å²) in [5.74, 6) is -0.604. The fourth-order valence-corrected chi connectivity index (χ4v) is 4.69. The minimum absolute atomic E-state index is 0.0768. The van der Waals surface area contributed by atoms with Crippen LogP contribution < -0.4 is 0 Å². The Morgan fingerprint density at radius 2 is 1.89 bits per heavy atom. The molecule has 0 spiro atoms. The molecule has 1 fully saturated rings. The summed E-state index contributed by atoms with van der Waals surface area (Å²) in [6.07, 6.45) is 6.15. The van der Waals surface area contributed by atoms with E-state index in [2.05, 4.69) is 29.2 Å². The zero-order chi connectivity index (χ0) is 20.1. The second-order valence-electron chi connectivity index (χ2n) is 8.28. The average Bonchev–Trinajstić information content (AvgIpc) is 2.92. The van der Waals surface area contributed by atoms with E-state index in [0.29, 0.717) is 6.54 Å². The van der Waals surface area contributed by atoms with Gasteiger partial charge in [0.25, 0.3) is 0 Å². The average molecular weight is 388 g/mol. The van der Waals surface area contributed by atoms with E-state index in [0.717, 1.165) is 51.6 Å². The smallest absolute Gasteiger partial charge is 0.317 e. The highest BCUT2D eigenvalue weighted by molar-refractivity contribution is 5.78. The van der Waals surface area contributed by atoms with Crippen molar-refractivity contribution in [3.05, 3.63) is 35.4 Å². The first-order chi connectivity index (χ1) is 13.5. The number of likely N-dealkylation sites (tertiary alicyclic amines) is 1. The molecule has 1 aromatic carbocycles. The van der Waals surface area contributed by atoms with Crippen molar-refractivity contribution in [3.63, 3.8) is 0 Å². The molecule has 2 unspecified atom stereocenters. The first kappa shape index (κ1) is 20.8. The molecule has 0 saturated carbocycles. The van der Waals surface area contributed by atoms with Crippen LogP contribution in [-0.2, 0) is 16.0 Å². The molecule has 1 aromatic rings. The summed E-state index contributed by atoms with van der Waals surface area (Å²) in [5, 5.41) is 9.01. The third-order valence-electron chi connectivity index (χ3n) is 6.36. The Bertz CT molecular complexity index is 693. The second kappa shape index (κ2) is 9.52. The Morgan fingerprint density at radius 1 is 1.11 bits per heavy atom. The maximum Gasteiger partial charge on any atom is 0.317 e. The van der Waals surface area contributed by atoms with E-state index in [4.69, 9.17) is 5.11 Å². The number of fused-ring (bicyclic) bond motifs is 1. The van der Waals surface area contributed by atoms with Crippen molar-refractivity contribution < 1.29 is 14.7 Å². The van der Waals surface area contributed by atoms with E-state index in [1.165, 1.54) is 11.1 Å². The molecule has 28 heavy (non-hydrogen) atoms. The maximum absolute atomic E-state index is 13.0. The summed E-state index contributed by atoms with van der Waals surface area (Å²) >= 11 is 0. The lowest BCUT2D eigenvalue weighted by atomic mass is 9.87. The number of aryl methyl sites for hydroxylation is 1. The van der Waals surface area contributed by atoms with E-state index in [-0.39, 0.29) is 24.5 Å². The van der Waals surface area contributed by atoms with Gasteiger partial charge in [0.1, 0.15) is 0 Å². The molecule has 1 N–H and O–H groups in total. The van der Waals surface area contributed by atoms with Gasteiger partial charge in [0, 0.05) is 19.6 Å². The van der Waals surface area contributed by atoms with Crippen LogP contribution in [0.5, 0.6) is 0 Å². The lowest BCUT2D eigenvalue weighted by Gasteiger charge is -2.34. The van der Waals surface area contributed by atoms with E-state index >= 15 is 0 Å². The predicted octanol–water partition coefficient (Wildman–Crippen LogP) is 2.39. The molecule has 2 atom stereocenters. The van der Waals surface area contributed by atoms with Gasteiger partial charge >= 0.3 is 5.97 Å². The van der Waals surface area contributed by atoms with Crippen LogP contribution in [-0.4, -0.2) is 78.0 Å². The maximum atomic E-state index is 13.0. The van der Waals surface area contributed by atoms with Crippen molar-refractivity contribution in [2.24, 2.45) is 0 Å². The summed E-state index contributed by atoms with van der Waals surface area (Å²) in [7, 11) is 3.82. The number of rotatable bonds is 6. The van der Waals surface area contributed by atoms with E-state index in [9.17, 15) is 9.59 Å². The molecule has 6 heteroatoms. The Labute approximate surface area is 168 Å². The molecule has 1 aliphatic heterocycles. The number of hydrogen-bond donors (Lipinski definition) is 1. The molecule has 1 amide bonds. The van der Waals surface area contributed by atoms with Gasteiger partial charge in [0.05, 0.1) is 19.1 Å². The summed E-state index contributed by atoms with van der Waals surface area (Å²) in [6, 6.07) is 8.95. The molecule has 0 radical (unpaired) electrons. The summed E-state index contributed by atoms with van der Waals surface area (Å²) in [6.45, 7) is 2.27. The molecular weight excluding hydrogens is 354 g/mol. The first-order valence-electron chi connectivity index (χ1n) is 10.4. The summed E-state index contributed by atoms with van der Waals surface area (Å²) in [4.78, 5) is 30.1. The number of amides is 1. The number of benzene rings is 1. The highest BCUT2D eigenvalue weighted by atomic mass is 16.4. The minimum Gasteiger partial charge on any atom is -0.480 e. The normalized spacial score (nSPS) is 23.1. The van der Waals surface area contributed by atoms with Crippen LogP contribution in [0.3, 0.4) is 0 Å². The van der Waals surface area contributed by atoms with Crippen LogP contribution in [0, 0.1) is 0 Å². The highest BCUT2D eigenvalue weighted by Gasteiger charge is 2.28. The van der Waals surface area contributed by atoms with Crippen molar-refractivity contribution >= 4 is 11.9 Å². The number of carboxylic acid groups (broad SMARTS) is 1. The molecule has 1 heterocycles. The first-order valence-corrected chi connectivity index (χ1v) is 10.4. The molecule has 1 aliphatic carbocycles. The van der Waals surface area contributed by atoms with Crippen LogP contribution in [0.25, 0.3) is 0 Å². The fourth-order valence-electron chi connectivity index (χ4n) is 4.69. The van der Waals surface area contributed by atoms with Gasteiger partial charge < -0.3 is 10.0 Å². The van der Waals surface area contributed by atoms with E-state index < -0.39 is 5.97 Å². The van der Waals surface area contributed by atoms with Crippen molar-refractivity contribution in [1.82, 2.24) is 14.7 Å². The van der Waals surface area contributed by atoms with Crippen LogP contribution in [0.2, 0.25) is 0 Å². The molecule has 2 aliphatic rings. The molecule has 1 saturated heterocycles. The standard InChI is InChI=1S/C22H33N3O3/c1-23(16-22(27)28)18-9-6-13-25(14-12-18)15-21(26)24(2)20-11-5-8-17-7-3-4-10-19(17)20/h3-4,7,10,18,20H,5-6,8-9,11-16H2,1-2H3,(H,27,28). The minimum atomic E-state index is -0.784. The predicted molar refractivity (Wildman–Crippen MR) is 109 cm³/mol. The quantitative estimate of drug-likeness (QED) is 0.812. The van der Waals surface area contributed by atoms with Gasteiger partial charge in [-0.05, 0) is 63.2 Å². The van der Waals surface area contributed by atoms with Gasteiger partial charge in [-0.15, -0.1) is 0 Å². The van der Waals surface area contributed by atoms with Crippen molar-refractivity contribution in [2.45, 2.75) is 50.6 Å². The Morgan fingerprint density at radius 3 is 2.68 bits per heavy atom. The van der Waals surface area contributed by atoms with Crippen LogP contribution in [0.1, 0.15) is 49.3 Å². The molecule has 3 rings (SSSR count). The number of hydrogen-bond acceptors (Lipinski definition) is 4. The zero-order valence-corrected chi connectivity index (χ0v) is 17.1. The second-order valence-corrected chi connectivity index (χ2v) is 8.28. The molecular formula is C22H33N3O3. The topological polar surface area (TPSA) is 64.1 Å². The zero-order valence-electron chi connectivity index (χ0n) is 17.1. The summed E-state index contributed by atoms with van der Waals surface area (Å²) < 4.78 is 0. The van der Waals surface area contributed by atoms with Crippen LogP contribution >= 0.6 is 0 Å². The lowest BCUT2D eigenvalue weighted by Crippen LogP contribution is -2.42. The van der Waals surface area contributed by atoms with Gasteiger partial charge in [-0.25, -0.2) is 0 Å². The fraction of sp³-hybridized carbons (Fsp3) is 0.636. The Balaban J connectivity index is 1.56. The largest absolute Gasteiger partial charge is 0.480 e. The van der Waals surface area contributed by atoms with E-state index in [1.807, 2.05) is 23.9 Å². The van der Waals surface area contributed by atoms with Crippen molar-refractivity contribution in [1.29, 1.82) is 0 Å². The Kier molecular flexibility index (Phi) is 7.08. The lowest BCUT2D eigenvalue weighted by molar-refractivity contribution is -0.138. The van der Waals surface area contributed by atoms with Crippen molar-refractivity contribution in [2.75, 3.05) is 40.3 Å². The SMILES string of the molecule is CN(CC(=O)O)C1CCCN(CC(=O)N(C)C2CCCc3ccccc32)CC1. The number of carbonyl (C=O) groups is 2. The molecule has 0 bridgehead atoms. The number of aliphatic carboxylic acids is 1. The number of carboxylic acids is 1. The van der Waals surface area contributed by atoms with Gasteiger partial charge in [-0.2, -0.15) is 0 Å².